The molecule has 40 heteroatoms. The molecule has 2 aliphatic heterocycles. The van der Waals surface area contributed by atoms with Crippen molar-refractivity contribution in [2.75, 3.05) is 19.8 Å². The molecule has 0 aliphatic carbocycles. The molecule has 6 rings (SSSR count). The van der Waals surface area contributed by atoms with Gasteiger partial charge in [-0.05, 0) is 54.8 Å². The molecule has 23 N–H and O–H groups in total. The Bertz CT molecular complexity index is 4020. The number of carboxylic acid groups (broad SMARTS) is 1. The molecule has 109 heavy (non-hydrogen) atoms. The number of imidazole rings is 1. The second-order valence-electron chi connectivity index (χ2n) is 25.6. The van der Waals surface area contributed by atoms with Crippen molar-refractivity contribution in [3.05, 3.63) is 140 Å². The van der Waals surface area contributed by atoms with Gasteiger partial charge in [-0.15, -0.1) is 0 Å². The van der Waals surface area contributed by atoms with Crippen molar-refractivity contribution >= 4 is 127 Å². The summed E-state index contributed by atoms with van der Waals surface area (Å²) >= 11 is 6.65. The van der Waals surface area contributed by atoms with E-state index in [2.05, 4.69) is 95.3 Å². The molecule has 1 unspecified atom stereocenters. The maximum Gasteiger partial charge on any atom is 0.326 e. The Morgan fingerprint density at radius 2 is 1.12 bits per heavy atom. The highest BCUT2D eigenvalue weighted by molar-refractivity contribution is 9.10. The number of nitrogens with zero attached hydrogens (tertiary/aromatic N) is 2. The maximum absolute atomic E-state index is 14.9. The lowest BCUT2D eigenvalue weighted by Gasteiger charge is -2.28. The topological polar surface area (TPSA) is 612 Å². The van der Waals surface area contributed by atoms with Crippen LogP contribution in [0.2, 0.25) is 0 Å². The molecular formula is C69H86Br2N16O22. The summed E-state index contributed by atoms with van der Waals surface area (Å²) in [6.45, 7) is -1.30. The zero-order chi connectivity index (χ0) is 80.3. The fourth-order valence-electron chi connectivity index (χ4n) is 11.0. The van der Waals surface area contributed by atoms with Gasteiger partial charge in [-0.3, -0.25) is 67.1 Å². The molecule has 0 fully saturated rings. The number of aliphatic hydroxyl groups is 6. The lowest BCUT2D eigenvalue weighted by atomic mass is 10.0. The second-order valence-corrected chi connectivity index (χ2v) is 27.5. The third-order valence-corrected chi connectivity index (χ3v) is 17.9. The Labute approximate surface area is 638 Å². The smallest absolute Gasteiger partial charge is 0.326 e. The van der Waals surface area contributed by atoms with Gasteiger partial charge >= 0.3 is 5.97 Å². The summed E-state index contributed by atoms with van der Waals surface area (Å²) < 4.78 is 2.41. The number of fused-ring (bicyclic) bond motifs is 2. The second kappa shape index (κ2) is 42.0. The number of carbonyl (C=O) groups excluding carboxylic acids is 14. The van der Waals surface area contributed by atoms with Gasteiger partial charge in [-0.2, -0.15) is 0 Å². The number of aromatic nitrogens is 2. The van der Waals surface area contributed by atoms with E-state index >= 15 is 0 Å². The number of nitrogens with one attached hydrogen (secondary N) is 12. The van der Waals surface area contributed by atoms with Crippen LogP contribution in [0.5, 0.6) is 0 Å². The molecule has 3 aromatic carbocycles. The largest absolute Gasteiger partial charge is 0.480 e. The van der Waals surface area contributed by atoms with Crippen LogP contribution >= 0.6 is 31.9 Å². The third-order valence-electron chi connectivity index (χ3n) is 16.8. The minimum Gasteiger partial charge on any atom is -0.480 e. The standard InChI is InChI=1S/C69H86Br2N16O22/c1-33(8-9-35-10-14-38(70)15-11-35)20-51(92)42-27-55(96)78-49(30-88)65(104)83-48-29-87-28-40(75-32-87)23-45(62(101)85-56(34(2)90)67(106)84-50(31-89)66(105)80-44(61(100)79-42)21-36-6-4-3-5-7-36)76-54(95)25-41(91)24-47(69(108)109)77-53(94)18-19-74-60(99)43(22-37-12-16-39(71)17-13-37)82-68(107)57(58(97)59(73)98)86-63(102)46(26-52(72)93)81-64(48)103/h3-17,20,28,32,34,41-51,56-58,88-92,97H,18-19,21-27,29-31H2,1-2H3,(H2,72,93)(H2,73,98)(H,74,99)(H,76,95)(H,77,94)(H,78,96)(H,79,100)(H,80,105)(H,81,103)(H,82,107)(H,83,104)(H,84,106)(H,85,101)(H,86,102)(H,108,109)/t34-,41-,42-,43+,44+,45-,46+,47+,48+,49?,50+,51+,56+,57+,58-/m1/s1. The minimum atomic E-state index is -2.66. The third kappa shape index (κ3) is 28.0. The number of carbonyl (C=O) groups is 15. The minimum absolute atomic E-state index is 0.205. The normalized spacial score (nSPS) is 25.4. The first-order valence-corrected chi connectivity index (χ1v) is 35.4. The molecule has 4 aromatic rings. The molecule has 15 atom stereocenters. The molecule has 0 spiro atoms. The highest BCUT2D eigenvalue weighted by Crippen LogP contribution is 2.18. The Morgan fingerprint density at radius 1 is 0.587 bits per heavy atom. The average Bonchev–Trinajstić information content (AvgIpc) is 1.62. The van der Waals surface area contributed by atoms with Crippen molar-refractivity contribution in [1.82, 2.24) is 73.4 Å². The van der Waals surface area contributed by atoms with Crippen molar-refractivity contribution in [1.29, 1.82) is 0 Å². The molecule has 2 aliphatic rings. The number of nitrogens with two attached hydrogens (primary N) is 2. The molecule has 0 saturated carbocycles. The number of amides is 14. The van der Waals surface area contributed by atoms with E-state index in [1.165, 1.54) is 18.2 Å². The SMILES string of the molecule is CC(C=Cc1ccc(Br)cc1)=C[C@H](O)[C@H]1CC(=O)NC(CO)C(=O)N[C@H]2Cn3cnc(c3)C[C@@H](NC(=O)C[C@H](O)C[C@@H](C(=O)O)NC(=O)CCNC(=O)[C@H](Cc3ccc(Br)cc3)NC(=O)[C@H]([C@@H](O)C(N)=O)NC(=O)[C@H](CC(N)=O)NC2=O)C(=O)N[C@@H]([C@@H](C)O)C(=O)N[C@@H](CO)C(=O)N[C@@H](Cc2ccccc2)C(=O)N1. The van der Waals surface area contributed by atoms with E-state index in [1.54, 1.807) is 85.8 Å². The molecule has 0 saturated heterocycles. The van der Waals surface area contributed by atoms with Crippen molar-refractivity contribution in [2.24, 2.45) is 11.5 Å². The van der Waals surface area contributed by atoms with E-state index in [0.717, 1.165) is 28.5 Å². The van der Waals surface area contributed by atoms with Crippen molar-refractivity contribution in [3.63, 3.8) is 0 Å². The first-order valence-electron chi connectivity index (χ1n) is 33.8. The van der Waals surface area contributed by atoms with Gasteiger partial charge in [0.15, 0.2) is 6.10 Å². The van der Waals surface area contributed by atoms with Crippen LogP contribution in [0, 0.1) is 0 Å². The number of allylic oxidation sites excluding steroid dienone is 2. The first kappa shape index (κ1) is 87.0. The van der Waals surface area contributed by atoms with Gasteiger partial charge in [0, 0.05) is 60.2 Å². The molecule has 4 bridgehead atoms. The van der Waals surface area contributed by atoms with E-state index in [9.17, 15) is 108 Å². The number of primary amides is 2. The fraction of sp³-hybridized carbons (Fsp3) is 0.420. The summed E-state index contributed by atoms with van der Waals surface area (Å²) in [6.07, 6.45) is -7.85. The van der Waals surface area contributed by atoms with Crippen LogP contribution in [0.1, 0.15) is 68.3 Å². The van der Waals surface area contributed by atoms with Crippen LogP contribution in [0.3, 0.4) is 0 Å². The summed E-state index contributed by atoms with van der Waals surface area (Å²) in [5.74, 6) is -20.1. The van der Waals surface area contributed by atoms with Gasteiger partial charge in [0.1, 0.15) is 60.4 Å². The number of benzene rings is 3. The summed E-state index contributed by atoms with van der Waals surface area (Å²) in [7, 11) is 0. The summed E-state index contributed by atoms with van der Waals surface area (Å²) in [5.41, 5.74) is 12.6. The average molecular weight is 1650 g/mol. The van der Waals surface area contributed by atoms with Gasteiger partial charge in [0.05, 0.1) is 69.0 Å². The van der Waals surface area contributed by atoms with Crippen LogP contribution in [-0.4, -0.2) is 245 Å². The first-order chi connectivity index (χ1) is 51.6. The van der Waals surface area contributed by atoms with E-state index in [-0.39, 0.29) is 18.5 Å². The zero-order valence-corrected chi connectivity index (χ0v) is 61.8. The van der Waals surface area contributed by atoms with E-state index in [4.69, 9.17) is 11.5 Å². The highest BCUT2D eigenvalue weighted by Gasteiger charge is 2.40. The molecular weight excluding hydrogens is 1560 g/mol. The van der Waals surface area contributed by atoms with Crippen LogP contribution in [0.25, 0.3) is 6.08 Å². The summed E-state index contributed by atoms with van der Waals surface area (Å²) in [4.78, 5) is 214. The van der Waals surface area contributed by atoms with E-state index < -0.39 is 244 Å². The highest BCUT2D eigenvalue weighted by atomic mass is 79.9. The number of carboxylic acids is 1. The molecule has 38 nitrogen and oxygen atoms in total. The number of aliphatic hydroxyl groups excluding tert-OH is 6. The number of hydrogen-bond acceptors (Lipinski definition) is 22. The van der Waals surface area contributed by atoms with Gasteiger partial charge in [-0.25, -0.2) is 9.78 Å². The van der Waals surface area contributed by atoms with Crippen LogP contribution < -0.4 is 75.3 Å². The van der Waals surface area contributed by atoms with Gasteiger partial charge in [-0.1, -0.05) is 110 Å². The van der Waals surface area contributed by atoms with Crippen LogP contribution in [0.4, 0.5) is 0 Å². The summed E-state index contributed by atoms with van der Waals surface area (Å²) in [5, 5.41) is 104. The Morgan fingerprint density at radius 3 is 1.73 bits per heavy atom. The monoisotopic (exact) mass is 1650 g/mol. The molecule has 588 valence electrons. The lowest BCUT2D eigenvalue weighted by molar-refractivity contribution is -0.143. The number of hydrogen-bond donors (Lipinski definition) is 21. The van der Waals surface area contributed by atoms with Crippen molar-refractivity contribution in [2.45, 2.75) is 163 Å². The van der Waals surface area contributed by atoms with Gasteiger partial charge < -0.3 is 116 Å². The summed E-state index contributed by atoms with van der Waals surface area (Å²) in [6, 6.07) is -0.766. The Hall–Kier alpha value is -10.9. The van der Waals surface area contributed by atoms with Crippen molar-refractivity contribution in [3.8, 4) is 0 Å². The molecule has 0 radical (unpaired) electrons. The number of aliphatic carboxylic acids is 1. The zero-order valence-electron chi connectivity index (χ0n) is 58.6. The molecule has 3 heterocycles. The van der Waals surface area contributed by atoms with Gasteiger partial charge in [0.2, 0.25) is 82.7 Å². The maximum atomic E-state index is 14.9. The lowest BCUT2D eigenvalue weighted by Crippen LogP contribution is -2.63. The van der Waals surface area contributed by atoms with Gasteiger partial charge in [0.25, 0.3) is 0 Å². The van der Waals surface area contributed by atoms with Crippen molar-refractivity contribution < 1.29 is 108 Å². The molecule has 14 amide bonds. The predicted octanol–water partition coefficient (Wildman–Crippen LogP) is -6.97. The van der Waals surface area contributed by atoms with E-state index in [1.807, 2.05) is 5.32 Å². The Balaban J connectivity index is 1.49. The number of rotatable bonds is 16. The van der Waals surface area contributed by atoms with E-state index in [0.29, 0.717) is 26.7 Å². The quantitative estimate of drug-likeness (QED) is 0.0464. The predicted molar refractivity (Wildman–Crippen MR) is 388 cm³/mol. The fourth-order valence-corrected chi connectivity index (χ4v) is 11.6. The Kier molecular flexibility index (Phi) is 33.6. The number of halogens is 2. The van der Waals surface area contributed by atoms with Crippen LogP contribution in [0.15, 0.2) is 118 Å². The van der Waals surface area contributed by atoms with Crippen LogP contribution in [-0.2, 0) is 97.7 Å². The molecule has 1 aromatic heterocycles.